The number of carbonyl (C=O) groups excluding carboxylic acids is 2. The Kier molecular flexibility index (Phi) is 4.29. The van der Waals surface area contributed by atoms with Crippen LogP contribution >= 0.6 is 0 Å². The molecule has 2 amide bonds. The van der Waals surface area contributed by atoms with Gasteiger partial charge in [0.1, 0.15) is 6.33 Å². The number of para-hydroxylation sites is 1. The molecular formula is C18H18N4O2. The highest BCUT2D eigenvalue weighted by Gasteiger charge is 2.16. The average Bonchev–Trinajstić information content (AvgIpc) is 2.98. The molecule has 0 saturated heterocycles. The Morgan fingerprint density at radius 2 is 1.96 bits per heavy atom. The third kappa shape index (κ3) is 3.27. The first-order valence-electron chi connectivity index (χ1n) is 7.66. The summed E-state index contributed by atoms with van der Waals surface area (Å²) in [6.07, 6.45) is 1.78. The number of rotatable bonds is 5. The van der Waals surface area contributed by atoms with Crippen molar-refractivity contribution in [3.8, 4) is 5.69 Å². The molecule has 1 aromatic heterocycles. The van der Waals surface area contributed by atoms with Crippen molar-refractivity contribution in [3.05, 3.63) is 54.9 Å². The minimum atomic E-state index is -0.491. The van der Waals surface area contributed by atoms with Crippen molar-refractivity contribution in [1.29, 1.82) is 0 Å². The highest BCUT2D eigenvalue weighted by Crippen LogP contribution is 2.22. The molecule has 24 heavy (non-hydrogen) atoms. The van der Waals surface area contributed by atoms with Crippen LogP contribution in [0.1, 0.15) is 13.3 Å². The Hall–Kier alpha value is -3.15. The van der Waals surface area contributed by atoms with Gasteiger partial charge in [0, 0.05) is 23.7 Å². The van der Waals surface area contributed by atoms with E-state index < -0.39 is 11.8 Å². The maximum atomic E-state index is 12.1. The topological polar surface area (TPSA) is 90.0 Å². The molecule has 6 nitrogen and oxygen atoms in total. The molecule has 1 atom stereocenters. The monoisotopic (exact) mass is 322 g/mol. The number of hydrogen-bond acceptors (Lipinski definition) is 3. The number of benzene rings is 2. The summed E-state index contributed by atoms with van der Waals surface area (Å²) in [7, 11) is 0. The van der Waals surface area contributed by atoms with Crippen molar-refractivity contribution in [1.82, 2.24) is 9.55 Å². The van der Waals surface area contributed by atoms with Crippen molar-refractivity contribution in [2.45, 2.75) is 13.3 Å². The van der Waals surface area contributed by atoms with E-state index in [0.717, 1.165) is 16.7 Å². The van der Waals surface area contributed by atoms with Gasteiger partial charge in [0.2, 0.25) is 11.8 Å². The van der Waals surface area contributed by atoms with E-state index in [4.69, 9.17) is 5.73 Å². The van der Waals surface area contributed by atoms with Crippen molar-refractivity contribution in [2.75, 3.05) is 5.32 Å². The largest absolute Gasteiger partial charge is 0.370 e. The SMILES string of the molecule is CC(CC(N)=O)C(=O)Nc1ccc2c(c1)ncn2-c1ccccc1. The Morgan fingerprint density at radius 3 is 2.67 bits per heavy atom. The fourth-order valence-electron chi connectivity index (χ4n) is 2.54. The van der Waals surface area contributed by atoms with Crippen LogP contribution < -0.4 is 11.1 Å². The number of fused-ring (bicyclic) bond motifs is 1. The minimum absolute atomic E-state index is 0.0245. The van der Waals surface area contributed by atoms with E-state index in [9.17, 15) is 9.59 Å². The van der Waals surface area contributed by atoms with E-state index in [2.05, 4.69) is 10.3 Å². The molecule has 0 saturated carbocycles. The number of imidazole rings is 1. The number of nitrogens with zero attached hydrogens (tertiary/aromatic N) is 2. The van der Waals surface area contributed by atoms with Crippen LogP contribution in [-0.4, -0.2) is 21.4 Å². The molecule has 0 radical (unpaired) electrons. The summed E-state index contributed by atoms with van der Waals surface area (Å²) in [6, 6.07) is 15.4. The zero-order valence-corrected chi connectivity index (χ0v) is 13.3. The molecule has 122 valence electrons. The lowest BCUT2D eigenvalue weighted by Crippen LogP contribution is -2.25. The number of primary amides is 1. The highest BCUT2D eigenvalue weighted by molar-refractivity contribution is 5.96. The zero-order valence-electron chi connectivity index (χ0n) is 13.3. The van der Waals surface area contributed by atoms with E-state index in [1.54, 1.807) is 13.3 Å². The lowest BCUT2D eigenvalue weighted by Gasteiger charge is -2.10. The number of nitrogens with two attached hydrogens (primary N) is 1. The third-order valence-electron chi connectivity index (χ3n) is 3.80. The molecule has 1 unspecified atom stereocenters. The van der Waals surface area contributed by atoms with Gasteiger partial charge in [-0.3, -0.25) is 14.2 Å². The standard InChI is InChI=1S/C18H18N4O2/c1-12(9-17(19)23)18(24)21-13-7-8-16-15(10-13)20-11-22(16)14-5-3-2-4-6-14/h2-8,10-12H,9H2,1H3,(H2,19,23)(H,21,24). The molecule has 3 rings (SSSR count). The van der Waals surface area contributed by atoms with Gasteiger partial charge in [0.25, 0.3) is 0 Å². The average molecular weight is 322 g/mol. The Balaban J connectivity index is 1.83. The van der Waals surface area contributed by atoms with Crippen molar-refractivity contribution in [3.63, 3.8) is 0 Å². The van der Waals surface area contributed by atoms with Crippen LogP contribution in [0.4, 0.5) is 5.69 Å². The summed E-state index contributed by atoms with van der Waals surface area (Å²) in [5, 5.41) is 2.79. The van der Waals surface area contributed by atoms with Crippen molar-refractivity contribution < 1.29 is 9.59 Å². The first-order chi connectivity index (χ1) is 11.5. The van der Waals surface area contributed by atoms with Gasteiger partial charge in [-0.2, -0.15) is 0 Å². The number of carbonyl (C=O) groups is 2. The maximum Gasteiger partial charge on any atom is 0.227 e. The smallest absolute Gasteiger partial charge is 0.227 e. The van der Waals surface area contributed by atoms with Gasteiger partial charge in [-0.25, -0.2) is 4.98 Å². The highest BCUT2D eigenvalue weighted by atomic mass is 16.2. The summed E-state index contributed by atoms with van der Waals surface area (Å²) in [4.78, 5) is 27.4. The molecule has 2 aromatic carbocycles. The molecule has 0 aliphatic heterocycles. The van der Waals surface area contributed by atoms with Gasteiger partial charge in [-0.05, 0) is 30.3 Å². The van der Waals surface area contributed by atoms with E-state index in [0.29, 0.717) is 5.69 Å². The van der Waals surface area contributed by atoms with E-state index in [-0.39, 0.29) is 12.3 Å². The van der Waals surface area contributed by atoms with Crippen LogP contribution in [-0.2, 0) is 9.59 Å². The number of anilines is 1. The zero-order chi connectivity index (χ0) is 17.1. The van der Waals surface area contributed by atoms with Crippen molar-refractivity contribution in [2.24, 2.45) is 11.7 Å². The van der Waals surface area contributed by atoms with Crippen LogP contribution in [0.2, 0.25) is 0 Å². The summed E-state index contributed by atoms with van der Waals surface area (Å²) < 4.78 is 1.98. The number of amides is 2. The summed E-state index contributed by atoms with van der Waals surface area (Å²) in [5.74, 6) is -1.20. The summed E-state index contributed by atoms with van der Waals surface area (Å²) in [5.41, 5.74) is 8.51. The fourth-order valence-corrected chi connectivity index (χ4v) is 2.54. The van der Waals surface area contributed by atoms with Crippen LogP contribution in [0.25, 0.3) is 16.7 Å². The molecule has 6 heteroatoms. The van der Waals surface area contributed by atoms with Gasteiger partial charge in [-0.1, -0.05) is 25.1 Å². The van der Waals surface area contributed by atoms with Gasteiger partial charge in [-0.15, -0.1) is 0 Å². The Labute approximate surface area is 139 Å². The Morgan fingerprint density at radius 1 is 1.21 bits per heavy atom. The van der Waals surface area contributed by atoms with Gasteiger partial charge in [0.15, 0.2) is 0 Å². The molecule has 3 N–H and O–H groups in total. The van der Waals surface area contributed by atoms with Gasteiger partial charge < -0.3 is 11.1 Å². The van der Waals surface area contributed by atoms with E-state index >= 15 is 0 Å². The Bertz CT molecular complexity index is 886. The number of aromatic nitrogens is 2. The van der Waals surface area contributed by atoms with E-state index in [1.807, 2.05) is 53.1 Å². The molecule has 0 fully saturated rings. The van der Waals surface area contributed by atoms with Crippen LogP contribution in [0.3, 0.4) is 0 Å². The first-order valence-corrected chi connectivity index (χ1v) is 7.66. The summed E-state index contributed by atoms with van der Waals surface area (Å²) in [6.45, 7) is 1.67. The second kappa shape index (κ2) is 6.54. The summed E-state index contributed by atoms with van der Waals surface area (Å²) >= 11 is 0. The predicted octanol–water partition coefficient (Wildman–Crippen LogP) is 2.48. The normalized spacial score (nSPS) is 12.0. The van der Waals surface area contributed by atoms with Gasteiger partial charge in [0.05, 0.1) is 11.0 Å². The molecule has 1 heterocycles. The lowest BCUT2D eigenvalue weighted by atomic mass is 10.1. The first kappa shape index (κ1) is 15.7. The lowest BCUT2D eigenvalue weighted by molar-refractivity contribution is -0.125. The quantitative estimate of drug-likeness (QED) is 0.756. The second-order valence-corrected chi connectivity index (χ2v) is 5.71. The molecule has 0 aliphatic carbocycles. The predicted molar refractivity (Wildman–Crippen MR) is 92.7 cm³/mol. The molecular weight excluding hydrogens is 304 g/mol. The van der Waals surface area contributed by atoms with E-state index in [1.165, 1.54) is 0 Å². The molecule has 0 aliphatic rings. The maximum absolute atomic E-state index is 12.1. The molecule has 0 spiro atoms. The number of hydrogen-bond donors (Lipinski definition) is 2. The van der Waals surface area contributed by atoms with Crippen molar-refractivity contribution >= 4 is 28.5 Å². The second-order valence-electron chi connectivity index (χ2n) is 5.71. The van der Waals surface area contributed by atoms with Gasteiger partial charge >= 0.3 is 0 Å². The number of nitrogens with one attached hydrogen (secondary N) is 1. The van der Waals surface area contributed by atoms with Crippen LogP contribution in [0.15, 0.2) is 54.9 Å². The van der Waals surface area contributed by atoms with Crippen LogP contribution in [0, 0.1) is 5.92 Å². The fraction of sp³-hybridized carbons (Fsp3) is 0.167. The molecule has 3 aromatic rings. The minimum Gasteiger partial charge on any atom is -0.370 e. The third-order valence-corrected chi connectivity index (χ3v) is 3.80. The molecule has 0 bridgehead atoms. The van der Waals surface area contributed by atoms with Crippen LogP contribution in [0.5, 0.6) is 0 Å².